The molecule has 1 aromatic heterocycles. The van der Waals surface area contributed by atoms with Gasteiger partial charge in [0.2, 0.25) is 12.3 Å². The summed E-state index contributed by atoms with van der Waals surface area (Å²) in [5.41, 5.74) is 0.535. The average molecular weight is 283 g/mol. The summed E-state index contributed by atoms with van der Waals surface area (Å²) in [7, 11) is 3.38. The number of nitrogens with one attached hydrogen (secondary N) is 1. The first-order valence-electron chi connectivity index (χ1n) is 5.13. The van der Waals surface area contributed by atoms with E-state index >= 15 is 0 Å². The summed E-state index contributed by atoms with van der Waals surface area (Å²) >= 11 is 4.69. The van der Waals surface area contributed by atoms with Crippen molar-refractivity contribution in [3.05, 3.63) is 23.0 Å². The number of benzene rings is 1. The predicted molar refractivity (Wildman–Crippen MR) is 70.2 cm³/mol. The van der Waals surface area contributed by atoms with E-state index in [0.717, 1.165) is 6.41 Å². The Morgan fingerprint density at radius 1 is 1.37 bits per heavy atom. The first-order chi connectivity index (χ1) is 8.93. The van der Waals surface area contributed by atoms with Gasteiger partial charge in [-0.05, 0) is 30.4 Å². The number of phenolic OH excluding ortho intramolecular Hbond substituents is 2. The van der Waals surface area contributed by atoms with Gasteiger partial charge >= 0.3 is 0 Å². The average Bonchev–Trinajstić information content (AvgIpc) is 2.80. The van der Waals surface area contributed by atoms with Crippen molar-refractivity contribution in [2.45, 2.75) is 0 Å². The number of phenols is 2. The van der Waals surface area contributed by atoms with E-state index in [-0.39, 0.29) is 22.2 Å². The Bertz CT molecular complexity index is 606. The molecule has 0 bridgehead atoms. The highest BCUT2D eigenvalue weighted by atomic mass is 32.1. The van der Waals surface area contributed by atoms with Crippen LogP contribution in [0.5, 0.6) is 11.5 Å². The topological polar surface area (TPSA) is 103 Å². The lowest BCUT2D eigenvalue weighted by atomic mass is 10.2. The van der Waals surface area contributed by atoms with Crippen LogP contribution in [-0.2, 0) is 4.79 Å². The number of amides is 1. The van der Waals surface area contributed by atoms with Gasteiger partial charge in [-0.3, -0.25) is 4.79 Å². The van der Waals surface area contributed by atoms with E-state index < -0.39 is 0 Å². The van der Waals surface area contributed by atoms with Crippen LogP contribution < -0.4 is 0 Å². The number of aromatic hydroxyl groups is 2. The molecule has 2 aromatic rings. The Hall–Kier alpha value is -2.35. The van der Waals surface area contributed by atoms with E-state index in [1.165, 1.54) is 17.0 Å². The molecule has 3 N–H and O–H groups in total. The zero-order valence-electron chi connectivity index (χ0n) is 10.3. The molecule has 0 saturated carbocycles. The second-order valence-electron chi connectivity index (χ2n) is 3.69. The predicted octanol–water partition coefficient (Wildman–Crippen LogP) is 1.51. The van der Waals surface area contributed by atoms with Crippen LogP contribution in [0.2, 0.25) is 0 Å². The number of hydrogen-bond donors (Lipinski definition) is 3. The number of hydrogen-bond acceptors (Lipinski definition) is 6. The molecule has 0 radical (unpaired) electrons. The lowest BCUT2D eigenvalue weighted by Crippen LogP contribution is -2.06. The van der Waals surface area contributed by atoms with Crippen LogP contribution in [0.25, 0.3) is 11.5 Å². The van der Waals surface area contributed by atoms with Crippen LogP contribution in [0.15, 0.2) is 22.6 Å². The van der Waals surface area contributed by atoms with E-state index in [1.807, 2.05) is 0 Å². The molecule has 102 valence electrons. The molecule has 0 fully saturated rings. The molecular formula is C11H13N3O4S. The minimum absolute atomic E-state index is 0.160. The standard InChI is InChI=1S/C8H6N2O3S.C3H7NO/c11-5-2-1-4(3-6(5)12)7-9-10-8(14)13-7;1-4(2)3-5/h1-3,11-12H,(H,10,14);3H,1-2H3. The second kappa shape index (κ2) is 6.55. The number of carbonyl (C=O) groups excluding carboxylic acids is 1. The van der Waals surface area contributed by atoms with Crippen LogP contribution >= 0.6 is 12.2 Å². The van der Waals surface area contributed by atoms with Gasteiger partial charge in [0.25, 0.3) is 4.84 Å². The number of aromatic amines is 1. The van der Waals surface area contributed by atoms with Gasteiger partial charge in [-0.2, -0.15) is 0 Å². The molecule has 7 nitrogen and oxygen atoms in total. The molecule has 2 rings (SSSR count). The van der Waals surface area contributed by atoms with Crippen molar-refractivity contribution in [1.82, 2.24) is 15.1 Å². The zero-order valence-corrected chi connectivity index (χ0v) is 11.1. The van der Waals surface area contributed by atoms with E-state index in [1.54, 1.807) is 20.2 Å². The number of nitrogens with zero attached hydrogens (tertiary/aromatic N) is 2. The van der Waals surface area contributed by atoms with Gasteiger partial charge in [0.1, 0.15) is 0 Å². The second-order valence-corrected chi connectivity index (χ2v) is 4.06. The summed E-state index contributed by atoms with van der Waals surface area (Å²) in [5, 5.41) is 24.5. The van der Waals surface area contributed by atoms with Crippen LogP contribution in [0.1, 0.15) is 0 Å². The lowest BCUT2D eigenvalue weighted by molar-refractivity contribution is -0.115. The Balaban J connectivity index is 0.000000312. The highest BCUT2D eigenvalue weighted by Gasteiger charge is 2.06. The number of H-pyrrole nitrogens is 1. The van der Waals surface area contributed by atoms with Gasteiger partial charge in [-0.25, -0.2) is 5.10 Å². The number of aromatic nitrogens is 2. The third-order valence-corrected chi connectivity index (χ3v) is 2.05. The molecule has 0 saturated heterocycles. The summed E-state index contributed by atoms with van der Waals surface area (Å²) < 4.78 is 5.02. The number of carbonyl (C=O) groups is 1. The fourth-order valence-corrected chi connectivity index (χ4v) is 1.13. The molecule has 0 aliphatic carbocycles. The SMILES string of the molecule is CN(C)C=O.Oc1ccc(-c2n[nH]c(=S)o2)cc1O. The molecule has 1 heterocycles. The minimum atomic E-state index is -0.230. The van der Waals surface area contributed by atoms with Gasteiger partial charge < -0.3 is 19.5 Å². The van der Waals surface area contributed by atoms with E-state index in [9.17, 15) is 9.90 Å². The van der Waals surface area contributed by atoms with Crippen LogP contribution in [0, 0.1) is 4.84 Å². The highest BCUT2D eigenvalue weighted by Crippen LogP contribution is 2.29. The minimum Gasteiger partial charge on any atom is -0.504 e. The Morgan fingerprint density at radius 3 is 2.42 bits per heavy atom. The zero-order chi connectivity index (χ0) is 14.4. The monoisotopic (exact) mass is 283 g/mol. The molecular weight excluding hydrogens is 270 g/mol. The van der Waals surface area contributed by atoms with Crippen molar-refractivity contribution in [1.29, 1.82) is 0 Å². The third kappa shape index (κ3) is 4.43. The summed E-state index contributed by atoms with van der Waals surface area (Å²) in [5.74, 6) is -0.153. The third-order valence-electron chi connectivity index (χ3n) is 1.87. The first kappa shape index (κ1) is 14.7. The highest BCUT2D eigenvalue weighted by molar-refractivity contribution is 7.71. The first-order valence-corrected chi connectivity index (χ1v) is 5.54. The van der Waals surface area contributed by atoms with Crippen molar-refractivity contribution in [3.63, 3.8) is 0 Å². The molecule has 1 aromatic carbocycles. The molecule has 1 amide bonds. The normalized spacial score (nSPS) is 9.37. The van der Waals surface area contributed by atoms with Gasteiger partial charge in [0.15, 0.2) is 11.5 Å². The molecule has 0 aliphatic heterocycles. The quantitative estimate of drug-likeness (QED) is 0.438. The van der Waals surface area contributed by atoms with Crippen LogP contribution in [-0.4, -0.2) is 45.8 Å². The Morgan fingerprint density at radius 2 is 2.00 bits per heavy atom. The van der Waals surface area contributed by atoms with Crippen molar-refractivity contribution >= 4 is 18.6 Å². The fourth-order valence-electron chi connectivity index (χ4n) is 1.01. The summed E-state index contributed by atoms with van der Waals surface area (Å²) in [4.78, 5) is 11.0. The largest absolute Gasteiger partial charge is 0.504 e. The van der Waals surface area contributed by atoms with Crippen LogP contribution in [0.4, 0.5) is 0 Å². The molecule has 0 spiro atoms. The van der Waals surface area contributed by atoms with Gasteiger partial charge in [0, 0.05) is 19.7 Å². The van der Waals surface area contributed by atoms with Crippen molar-refractivity contribution < 1.29 is 19.4 Å². The van der Waals surface area contributed by atoms with E-state index in [0.29, 0.717) is 5.56 Å². The van der Waals surface area contributed by atoms with Crippen molar-refractivity contribution in [2.24, 2.45) is 0 Å². The molecule has 0 atom stereocenters. The Labute approximate surface area is 114 Å². The number of rotatable bonds is 2. The maximum Gasteiger partial charge on any atom is 0.284 e. The van der Waals surface area contributed by atoms with Crippen molar-refractivity contribution in [3.8, 4) is 23.0 Å². The molecule has 8 heteroatoms. The van der Waals surface area contributed by atoms with E-state index in [2.05, 4.69) is 10.2 Å². The van der Waals surface area contributed by atoms with Crippen LogP contribution in [0.3, 0.4) is 0 Å². The molecule has 0 aliphatic rings. The fraction of sp³-hybridized carbons (Fsp3) is 0.182. The smallest absolute Gasteiger partial charge is 0.284 e. The van der Waals surface area contributed by atoms with Crippen molar-refractivity contribution in [2.75, 3.05) is 14.1 Å². The van der Waals surface area contributed by atoms with E-state index in [4.69, 9.17) is 21.7 Å². The van der Waals surface area contributed by atoms with Gasteiger partial charge in [0.05, 0.1) is 0 Å². The molecule has 0 unspecified atom stereocenters. The van der Waals surface area contributed by atoms with Gasteiger partial charge in [-0.1, -0.05) is 0 Å². The summed E-state index contributed by atoms with van der Waals surface area (Å²) in [6.45, 7) is 0. The lowest BCUT2D eigenvalue weighted by Gasteiger charge is -1.98. The Kier molecular flexibility index (Phi) is 5.07. The molecule has 19 heavy (non-hydrogen) atoms. The maximum atomic E-state index is 9.43. The van der Waals surface area contributed by atoms with Gasteiger partial charge in [-0.15, -0.1) is 5.10 Å². The summed E-state index contributed by atoms with van der Waals surface area (Å²) in [6, 6.07) is 4.24. The summed E-state index contributed by atoms with van der Waals surface area (Å²) in [6.07, 6.45) is 0.750. The maximum absolute atomic E-state index is 9.43.